The number of nitrogen functional groups attached to an aromatic ring is 1. The van der Waals surface area contributed by atoms with E-state index in [2.05, 4.69) is 12.2 Å². The molecule has 0 atom stereocenters. The van der Waals surface area contributed by atoms with E-state index in [1.807, 2.05) is 18.2 Å². The van der Waals surface area contributed by atoms with E-state index in [9.17, 15) is 0 Å². The maximum absolute atomic E-state index is 5.88. The van der Waals surface area contributed by atoms with Crippen molar-refractivity contribution in [1.29, 1.82) is 0 Å². The van der Waals surface area contributed by atoms with Gasteiger partial charge in [0.15, 0.2) is 0 Å². The van der Waals surface area contributed by atoms with Gasteiger partial charge in [0.1, 0.15) is 5.75 Å². The first kappa shape index (κ1) is 15.0. The second kappa shape index (κ2) is 8.00. The summed E-state index contributed by atoms with van der Waals surface area (Å²) in [5.41, 5.74) is 7.60. The molecule has 0 bridgehead atoms. The van der Waals surface area contributed by atoms with Crippen molar-refractivity contribution in [3.05, 3.63) is 18.2 Å². The summed E-state index contributed by atoms with van der Waals surface area (Å²) in [4.78, 5) is 0. The van der Waals surface area contributed by atoms with Gasteiger partial charge >= 0.3 is 0 Å². The van der Waals surface area contributed by atoms with Crippen molar-refractivity contribution in [2.45, 2.75) is 45.1 Å². The van der Waals surface area contributed by atoms with Crippen LogP contribution in [0.5, 0.6) is 5.75 Å². The third kappa shape index (κ3) is 4.93. The smallest absolute Gasteiger partial charge is 0.123 e. The molecule has 0 unspecified atom stereocenters. The minimum atomic E-state index is 0.473. The minimum Gasteiger partial charge on any atom is -0.493 e. The SMILES string of the molecule is CCCOc1cc(N)cc(NCCOC2CCCC2)c1. The minimum absolute atomic E-state index is 0.473. The fourth-order valence-electron chi connectivity index (χ4n) is 2.50. The van der Waals surface area contributed by atoms with E-state index in [1.165, 1.54) is 25.7 Å². The maximum Gasteiger partial charge on any atom is 0.123 e. The summed E-state index contributed by atoms with van der Waals surface area (Å²) in [7, 11) is 0. The topological polar surface area (TPSA) is 56.5 Å². The highest BCUT2D eigenvalue weighted by molar-refractivity contribution is 5.59. The van der Waals surface area contributed by atoms with Gasteiger partial charge < -0.3 is 20.5 Å². The summed E-state index contributed by atoms with van der Waals surface area (Å²) in [5, 5.41) is 3.34. The summed E-state index contributed by atoms with van der Waals surface area (Å²) in [6.45, 7) is 4.34. The molecule has 1 aromatic carbocycles. The predicted octanol–water partition coefficient (Wildman–Crippen LogP) is 3.43. The van der Waals surface area contributed by atoms with Crippen molar-refractivity contribution in [3.63, 3.8) is 0 Å². The normalized spacial score (nSPS) is 15.4. The quantitative estimate of drug-likeness (QED) is 0.565. The first-order chi connectivity index (χ1) is 9.78. The first-order valence-electron chi connectivity index (χ1n) is 7.67. The number of rotatable bonds is 8. The summed E-state index contributed by atoms with van der Waals surface area (Å²) in [6, 6.07) is 5.77. The average molecular weight is 278 g/mol. The van der Waals surface area contributed by atoms with Crippen molar-refractivity contribution in [3.8, 4) is 5.75 Å². The Hall–Kier alpha value is -1.42. The summed E-state index contributed by atoms with van der Waals surface area (Å²) in [5.74, 6) is 0.825. The number of anilines is 2. The summed E-state index contributed by atoms with van der Waals surface area (Å²) >= 11 is 0. The molecule has 0 aliphatic heterocycles. The Morgan fingerprint density at radius 2 is 2.00 bits per heavy atom. The molecule has 0 spiro atoms. The molecule has 0 aromatic heterocycles. The lowest BCUT2D eigenvalue weighted by Gasteiger charge is -2.13. The number of hydrogen-bond acceptors (Lipinski definition) is 4. The third-order valence-corrected chi connectivity index (χ3v) is 3.49. The lowest BCUT2D eigenvalue weighted by molar-refractivity contribution is 0.0659. The van der Waals surface area contributed by atoms with E-state index in [-0.39, 0.29) is 0 Å². The zero-order chi connectivity index (χ0) is 14.2. The van der Waals surface area contributed by atoms with Gasteiger partial charge in [0.25, 0.3) is 0 Å². The monoisotopic (exact) mass is 278 g/mol. The molecule has 1 aliphatic carbocycles. The molecule has 1 aliphatic rings. The molecular formula is C16H26N2O2. The number of nitrogens with two attached hydrogens (primary N) is 1. The van der Waals surface area contributed by atoms with Gasteiger partial charge in [-0.2, -0.15) is 0 Å². The first-order valence-corrected chi connectivity index (χ1v) is 7.67. The van der Waals surface area contributed by atoms with Gasteiger partial charge in [-0.15, -0.1) is 0 Å². The molecule has 1 fully saturated rings. The van der Waals surface area contributed by atoms with E-state index in [0.717, 1.165) is 36.7 Å². The average Bonchev–Trinajstić information content (AvgIpc) is 2.94. The number of benzene rings is 1. The highest BCUT2D eigenvalue weighted by atomic mass is 16.5. The Morgan fingerprint density at radius 1 is 1.20 bits per heavy atom. The van der Waals surface area contributed by atoms with Crippen molar-refractivity contribution in [2.24, 2.45) is 0 Å². The zero-order valence-corrected chi connectivity index (χ0v) is 12.4. The molecule has 0 saturated heterocycles. The van der Waals surface area contributed by atoms with Crippen LogP contribution in [0.2, 0.25) is 0 Å². The van der Waals surface area contributed by atoms with Crippen molar-refractivity contribution >= 4 is 11.4 Å². The van der Waals surface area contributed by atoms with Gasteiger partial charge in [0.2, 0.25) is 0 Å². The Labute approximate surface area is 121 Å². The lowest BCUT2D eigenvalue weighted by atomic mass is 10.2. The fraction of sp³-hybridized carbons (Fsp3) is 0.625. The molecule has 112 valence electrons. The van der Waals surface area contributed by atoms with Crippen LogP contribution in [0.1, 0.15) is 39.0 Å². The molecule has 1 saturated carbocycles. The van der Waals surface area contributed by atoms with Crippen LogP contribution in [-0.2, 0) is 4.74 Å². The fourth-order valence-corrected chi connectivity index (χ4v) is 2.50. The molecule has 4 heteroatoms. The van der Waals surface area contributed by atoms with Gasteiger partial charge in [-0.1, -0.05) is 19.8 Å². The van der Waals surface area contributed by atoms with Crippen LogP contribution in [0.25, 0.3) is 0 Å². The molecule has 0 amide bonds. The molecule has 3 N–H and O–H groups in total. The number of ether oxygens (including phenoxy) is 2. The Morgan fingerprint density at radius 3 is 2.75 bits per heavy atom. The van der Waals surface area contributed by atoms with E-state index >= 15 is 0 Å². The van der Waals surface area contributed by atoms with E-state index in [1.54, 1.807) is 0 Å². The third-order valence-electron chi connectivity index (χ3n) is 3.49. The second-order valence-corrected chi connectivity index (χ2v) is 5.34. The van der Waals surface area contributed by atoms with Crippen LogP contribution >= 0.6 is 0 Å². The molecular weight excluding hydrogens is 252 g/mol. The van der Waals surface area contributed by atoms with Crippen molar-refractivity contribution in [1.82, 2.24) is 0 Å². The number of hydrogen-bond donors (Lipinski definition) is 2. The number of nitrogens with one attached hydrogen (secondary N) is 1. The van der Waals surface area contributed by atoms with Crippen LogP contribution in [0.4, 0.5) is 11.4 Å². The van der Waals surface area contributed by atoms with E-state index in [4.69, 9.17) is 15.2 Å². The Balaban J connectivity index is 1.74. The van der Waals surface area contributed by atoms with Crippen molar-refractivity contribution < 1.29 is 9.47 Å². The van der Waals surface area contributed by atoms with Gasteiger partial charge in [-0.3, -0.25) is 0 Å². The standard InChI is InChI=1S/C16H26N2O2/c1-2-8-19-16-11-13(17)10-14(12-16)18-7-9-20-15-5-3-4-6-15/h10-12,15,18H,2-9,17H2,1H3. The predicted molar refractivity (Wildman–Crippen MR) is 83.3 cm³/mol. The maximum atomic E-state index is 5.88. The van der Waals surface area contributed by atoms with Crippen LogP contribution in [0.3, 0.4) is 0 Å². The Bertz CT molecular complexity index is 403. The molecule has 4 nitrogen and oxygen atoms in total. The lowest BCUT2D eigenvalue weighted by Crippen LogP contribution is -2.15. The van der Waals surface area contributed by atoms with Gasteiger partial charge in [-0.05, 0) is 25.3 Å². The zero-order valence-electron chi connectivity index (χ0n) is 12.4. The molecule has 0 radical (unpaired) electrons. The highest BCUT2D eigenvalue weighted by Gasteiger charge is 2.14. The van der Waals surface area contributed by atoms with E-state index in [0.29, 0.717) is 12.7 Å². The largest absolute Gasteiger partial charge is 0.493 e. The van der Waals surface area contributed by atoms with Crippen molar-refractivity contribution in [2.75, 3.05) is 30.8 Å². The second-order valence-electron chi connectivity index (χ2n) is 5.34. The summed E-state index contributed by atoms with van der Waals surface area (Å²) in [6.07, 6.45) is 6.52. The van der Waals surface area contributed by atoms with Crippen LogP contribution < -0.4 is 15.8 Å². The van der Waals surface area contributed by atoms with Crippen LogP contribution in [0, 0.1) is 0 Å². The van der Waals surface area contributed by atoms with Crippen LogP contribution in [0.15, 0.2) is 18.2 Å². The van der Waals surface area contributed by atoms with Gasteiger partial charge in [0, 0.05) is 30.1 Å². The molecule has 1 aromatic rings. The highest BCUT2D eigenvalue weighted by Crippen LogP contribution is 2.23. The van der Waals surface area contributed by atoms with E-state index < -0.39 is 0 Å². The molecule has 0 heterocycles. The molecule has 2 rings (SSSR count). The van der Waals surface area contributed by atoms with Gasteiger partial charge in [0.05, 0.1) is 19.3 Å². The van der Waals surface area contributed by atoms with Gasteiger partial charge in [-0.25, -0.2) is 0 Å². The molecule has 20 heavy (non-hydrogen) atoms. The summed E-state index contributed by atoms with van der Waals surface area (Å²) < 4.78 is 11.4. The van der Waals surface area contributed by atoms with Crippen LogP contribution in [-0.4, -0.2) is 25.9 Å². The Kier molecular flexibility index (Phi) is 5.99.